The molecule has 3 heteroatoms. The van der Waals surface area contributed by atoms with Crippen LogP contribution >= 0.6 is 0 Å². The Balaban J connectivity index is 3.59. The normalized spacial score (nSPS) is 12.5. The van der Waals surface area contributed by atoms with Crippen LogP contribution < -0.4 is 5.19 Å². The number of benzene rings is 1. The van der Waals surface area contributed by atoms with Gasteiger partial charge in [-0.05, 0) is 41.1 Å². The summed E-state index contributed by atoms with van der Waals surface area (Å²) in [4.78, 5) is 12.3. The van der Waals surface area contributed by atoms with Gasteiger partial charge in [-0.25, -0.2) is 4.79 Å². The van der Waals surface area contributed by atoms with E-state index < -0.39 is 8.07 Å². The monoisotopic (exact) mass is 348 g/mol. The molecule has 1 rings (SSSR count). The maximum atomic E-state index is 12.3. The van der Waals surface area contributed by atoms with E-state index in [-0.39, 0.29) is 5.97 Å². The molecule has 0 aliphatic carbocycles. The lowest BCUT2D eigenvalue weighted by Gasteiger charge is -2.44. The first-order valence-corrected chi connectivity index (χ1v) is 11.6. The summed E-state index contributed by atoms with van der Waals surface area (Å²) in [5.74, 6) is 0.112. The highest BCUT2D eigenvalue weighted by Gasteiger charge is 2.44. The summed E-state index contributed by atoms with van der Waals surface area (Å²) in [7, 11) is -1.71. The Bertz CT molecular complexity index is 537. The maximum absolute atomic E-state index is 12.3. The molecular weight excluding hydrogens is 312 g/mol. The van der Waals surface area contributed by atoms with Crippen LogP contribution in [-0.4, -0.2) is 20.7 Å². The van der Waals surface area contributed by atoms with Gasteiger partial charge in [0.15, 0.2) is 0 Å². The zero-order valence-electron chi connectivity index (χ0n) is 17.1. The largest absolute Gasteiger partial charge is 0.462 e. The van der Waals surface area contributed by atoms with E-state index in [0.717, 1.165) is 11.1 Å². The number of hydrogen-bond acceptors (Lipinski definition) is 2. The van der Waals surface area contributed by atoms with E-state index in [1.807, 2.05) is 13.0 Å². The van der Waals surface area contributed by atoms with Gasteiger partial charge >= 0.3 is 5.97 Å². The first kappa shape index (κ1) is 21.0. The standard InChI is InChI=1S/C21H36O2Si/c1-10-23-21(22)19-12-11-18(13-20(19)14(2)3)24(15(4)5,16(6)7)17(8)9/h11-17H,10H2,1-9H3. The third-order valence-electron chi connectivity index (χ3n) is 5.53. The van der Waals surface area contributed by atoms with Gasteiger partial charge in [0, 0.05) is 0 Å². The minimum Gasteiger partial charge on any atom is -0.462 e. The lowest BCUT2D eigenvalue weighted by Crippen LogP contribution is -2.55. The Labute approximate surface area is 150 Å². The third kappa shape index (κ3) is 3.77. The van der Waals surface area contributed by atoms with E-state index in [4.69, 9.17) is 4.74 Å². The molecule has 0 fully saturated rings. The molecule has 0 spiro atoms. The Kier molecular flexibility index (Phi) is 7.27. The minimum absolute atomic E-state index is 0.196. The average Bonchev–Trinajstić information content (AvgIpc) is 2.46. The molecule has 0 bridgehead atoms. The zero-order valence-corrected chi connectivity index (χ0v) is 18.1. The van der Waals surface area contributed by atoms with Crippen LogP contribution in [0.3, 0.4) is 0 Å². The molecule has 0 heterocycles. The molecule has 2 nitrogen and oxygen atoms in total. The van der Waals surface area contributed by atoms with Gasteiger partial charge in [0.25, 0.3) is 0 Å². The Morgan fingerprint density at radius 2 is 1.46 bits per heavy atom. The van der Waals surface area contributed by atoms with Crippen LogP contribution in [0.25, 0.3) is 0 Å². The van der Waals surface area contributed by atoms with E-state index in [1.165, 1.54) is 5.19 Å². The minimum atomic E-state index is -1.71. The van der Waals surface area contributed by atoms with Crippen molar-refractivity contribution in [3.05, 3.63) is 29.3 Å². The van der Waals surface area contributed by atoms with E-state index >= 15 is 0 Å². The molecular formula is C21H36O2Si. The highest BCUT2D eigenvalue weighted by atomic mass is 28.3. The van der Waals surface area contributed by atoms with Crippen molar-refractivity contribution in [1.82, 2.24) is 0 Å². The van der Waals surface area contributed by atoms with Gasteiger partial charge in [0.1, 0.15) is 0 Å². The van der Waals surface area contributed by atoms with Gasteiger partial charge < -0.3 is 4.74 Å². The second-order valence-electron chi connectivity index (χ2n) is 8.07. The average molecular weight is 349 g/mol. The Morgan fingerprint density at radius 3 is 1.83 bits per heavy atom. The first-order valence-electron chi connectivity index (χ1n) is 9.42. The van der Waals surface area contributed by atoms with E-state index in [9.17, 15) is 4.79 Å². The van der Waals surface area contributed by atoms with Gasteiger partial charge in [0.2, 0.25) is 0 Å². The highest BCUT2D eigenvalue weighted by Crippen LogP contribution is 2.41. The fourth-order valence-electron chi connectivity index (χ4n) is 4.70. The van der Waals surface area contributed by atoms with Gasteiger partial charge in [-0.2, -0.15) is 0 Å². The van der Waals surface area contributed by atoms with Crippen molar-refractivity contribution >= 4 is 19.2 Å². The van der Waals surface area contributed by atoms with Crippen molar-refractivity contribution in [2.45, 2.75) is 84.9 Å². The lowest BCUT2D eigenvalue weighted by molar-refractivity contribution is 0.0524. The molecule has 0 unspecified atom stereocenters. The molecule has 0 N–H and O–H groups in total. The third-order valence-corrected chi connectivity index (χ3v) is 12.6. The van der Waals surface area contributed by atoms with Gasteiger partial charge in [-0.15, -0.1) is 0 Å². The van der Waals surface area contributed by atoms with Crippen molar-refractivity contribution < 1.29 is 9.53 Å². The van der Waals surface area contributed by atoms with E-state index in [0.29, 0.717) is 29.1 Å². The molecule has 0 saturated heterocycles. The molecule has 0 radical (unpaired) electrons. The van der Waals surface area contributed by atoms with Crippen LogP contribution in [0.5, 0.6) is 0 Å². The second kappa shape index (κ2) is 8.33. The van der Waals surface area contributed by atoms with Crippen LogP contribution in [0.2, 0.25) is 16.6 Å². The fraction of sp³-hybridized carbons (Fsp3) is 0.667. The summed E-state index contributed by atoms with van der Waals surface area (Å²) in [6, 6.07) is 6.55. The fourth-order valence-corrected chi connectivity index (χ4v) is 11.5. The SMILES string of the molecule is CCOC(=O)c1ccc([Si](C(C)C)(C(C)C)C(C)C)cc1C(C)C. The second-order valence-corrected chi connectivity index (χ2v) is 14.0. The van der Waals surface area contributed by atoms with Crippen LogP contribution in [0.1, 0.15) is 84.2 Å². The van der Waals surface area contributed by atoms with Crippen molar-refractivity contribution in [1.29, 1.82) is 0 Å². The van der Waals surface area contributed by atoms with Gasteiger partial charge in [-0.3, -0.25) is 0 Å². The zero-order chi connectivity index (χ0) is 18.7. The Morgan fingerprint density at radius 1 is 0.958 bits per heavy atom. The van der Waals surface area contributed by atoms with Crippen LogP contribution in [0, 0.1) is 0 Å². The molecule has 0 aliphatic heterocycles. The quantitative estimate of drug-likeness (QED) is 0.455. The summed E-state index contributed by atoms with van der Waals surface area (Å²) in [6.45, 7) is 20.8. The van der Waals surface area contributed by atoms with E-state index in [1.54, 1.807) is 0 Å². The molecule has 0 atom stereocenters. The van der Waals surface area contributed by atoms with Crippen LogP contribution in [0.15, 0.2) is 18.2 Å². The maximum Gasteiger partial charge on any atom is 0.338 e. The van der Waals surface area contributed by atoms with Gasteiger partial charge in [0.05, 0.1) is 20.2 Å². The summed E-state index contributed by atoms with van der Waals surface area (Å²) in [5, 5.41) is 1.49. The summed E-state index contributed by atoms with van der Waals surface area (Å²) in [5.41, 5.74) is 3.84. The predicted octanol–water partition coefficient (Wildman–Crippen LogP) is 5.87. The van der Waals surface area contributed by atoms with Crippen molar-refractivity contribution in [3.8, 4) is 0 Å². The molecule has 24 heavy (non-hydrogen) atoms. The number of hydrogen-bond donors (Lipinski definition) is 0. The molecule has 0 aromatic heterocycles. The van der Waals surface area contributed by atoms with E-state index in [2.05, 4.69) is 67.5 Å². The van der Waals surface area contributed by atoms with Crippen molar-refractivity contribution in [2.75, 3.05) is 6.61 Å². The first-order chi connectivity index (χ1) is 11.1. The highest BCUT2D eigenvalue weighted by molar-refractivity contribution is 6.95. The summed E-state index contributed by atoms with van der Waals surface area (Å²) < 4.78 is 5.26. The molecule has 1 aromatic carbocycles. The predicted molar refractivity (Wildman–Crippen MR) is 107 cm³/mol. The van der Waals surface area contributed by atoms with Crippen molar-refractivity contribution in [3.63, 3.8) is 0 Å². The number of carbonyl (C=O) groups is 1. The molecule has 0 saturated carbocycles. The van der Waals surface area contributed by atoms with Crippen LogP contribution in [0.4, 0.5) is 0 Å². The number of carbonyl (C=O) groups excluding carboxylic acids is 1. The molecule has 0 amide bonds. The number of rotatable bonds is 7. The molecule has 136 valence electrons. The Hall–Kier alpha value is -1.09. The van der Waals surface area contributed by atoms with Crippen LogP contribution in [-0.2, 0) is 4.74 Å². The topological polar surface area (TPSA) is 26.3 Å². The molecule has 0 aliphatic rings. The number of esters is 1. The number of ether oxygens (including phenoxy) is 1. The van der Waals surface area contributed by atoms with Gasteiger partial charge in [-0.1, -0.05) is 72.7 Å². The van der Waals surface area contributed by atoms with Crippen molar-refractivity contribution in [2.24, 2.45) is 0 Å². The summed E-state index contributed by atoms with van der Waals surface area (Å²) in [6.07, 6.45) is 0. The molecule has 1 aromatic rings. The summed E-state index contributed by atoms with van der Waals surface area (Å²) >= 11 is 0. The lowest BCUT2D eigenvalue weighted by atomic mass is 9.97. The smallest absolute Gasteiger partial charge is 0.338 e.